The molecular formula is C14H10F6N4O3. The topological polar surface area (TPSA) is 97.1 Å². The number of carboxylic acid groups (broad SMARTS) is 1. The summed E-state index contributed by atoms with van der Waals surface area (Å²) in [4.78, 5) is 22.9. The highest BCUT2D eigenvalue weighted by molar-refractivity contribution is 5.96. The second kappa shape index (κ2) is 7.63. The van der Waals surface area contributed by atoms with Gasteiger partial charge in [0.05, 0.1) is 5.69 Å². The lowest BCUT2D eigenvalue weighted by molar-refractivity contribution is -0.143. The molecule has 2 aromatic rings. The predicted molar refractivity (Wildman–Crippen MR) is 75.8 cm³/mol. The normalized spacial score (nSPS) is 12.9. The maximum absolute atomic E-state index is 13.4. The molecule has 0 bridgehead atoms. The molecule has 0 aliphatic carbocycles. The van der Waals surface area contributed by atoms with Gasteiger partial charge in [0.15, 0.2) is 11.4 Å². The zero-order valence-corrected chi connectivity index (χ0v) is 13.0. The Morgan fingerprint density at radius 2 is 1.93 bits per heavy atom. The zero-order chi connectivity index (χ0) is 20.4. The van der Waals surface area contributed by atoms with Crippen LogP contribution in [0.5, 0.6) is 0 Å². The van der Waals surface area contributed by atoms with E-state index in [1.54, 1.807) is 5.32 Å². The van der Waals surface area contributed by atoms with E-state index in [0.29, 0.717) is 6.07 Å². The molecule has 1 unspecified atom stereocenters. The molecule has 1 amide bonds. The van der Waals surface area contributed by atoms with E-state index in [2.05, 4.69) is 10.3 Å². The Kier molecular flexibility index (Phi) is 5.71. The minimum absolute atomic E-state index is 0.140. The molecule has 0 spiro atoms. The van der Waals surface area contributed by atoms with Crippen LogP contribution in [0.1, 0.15) is 22.6 Å². The Bertz CT molecular complexity index is 852. The first kappa shape index (κ1) is 20.2. The number of hydrogen-bond donors (Lipinski definition) is 2. The molecule has 0 aliphatic rings. The van der Waals surface area contributed by atoms with Crippen LogP contribution in [0.15, 0.2) is 24.3 Å². The molecule has 0 radical (unpaired) electrons. The number of aromatic nitrogens is 3. The molecule has 2 rings (SSSR count). The van der Waals surface area contributed by atoms with Gasteiger partial charge < -0.3 is 10.4 Å². The van der Waals surface area contributed by atoms with E-state index in [9.17, 15) is 35.9 Å². The quantitative estimate of drug-likeness (QED) is 0.731. The van der Waals surface area contributed by atoms with Crippen molar-refractivity contribution in [3.63, 3.8) is 0 Å². The molecule has 13 heteroatoms. The van der Waals surface area contributed by atoms with Crippen molar-refractivity contribution in [2.75, 3.05) is 0 Å². The highest BCUT2D eigenvalue weighted by Gasteiger charge is 2.42. The summed E-state index contributed by atoms with van der Waals surface area (Å²) in [6, 6.07) is 1.67. The summed E-state index contributed by atoms with van der Waals surface area (Å²) < 4.78 is 78.3. The first-order valence-corrected chi connectivity index (χ1v) is 7.11. The Morgan fingerprint density at radius 1 is 1.26 bits per heavy atom. The molecule has 1 atom stereocenters. The molecule has 146 valence electrons. The van der Waals surface area contributed by atoms with Crippen LogP contribution in [0, 0.1) is 5.82 Å². The number of benzene rings is 1. The van der Waals surface area contributed by atoms with Gasteiger partial charge in [-0.1, -0.05) is 11.3 Å². The Hall–Kier alpha value is -3.12. The Labute approximate surface area is 146 Å². The fourth-order valence-electron chi connectivity index (χ4n) is 2.10. The smallest absolute Gasteiger partial charge is 0.435 e. The minimum atomic E-state index is -5.19. The number of hydrogen-bond acceptors (Lipinski definition) is 4. The van der Waals surface area contributed by atoms with Crippen LogP contribution in [0.4, 0.5) is 26.3 Å². The maximum Gasteiger partial charge on any atom is 0.435 e. The molecule has 1 heterocycles. The van der Waals surface area contributed by atoms with Crippen molar-refractivity contribution in [3.8, 4) is 5.69 Å². The zero-order valence-electron chi connectivity index (χ0n) is 13.0. The van der Waals surface area contributed by atoms with E-state index in [0.717, 1.165) is 18.2 Å². The maximum atomic E-state index is 13.4. The van der Waals surface area contributed by atoms with Gasteiger partial charge in [0.2, 0.25) is 6.43 Å². The molecule has 1 aromatic carbocycles. The van der Waals surface area contributed by atoms with Crippen molar-refractivity contribution in [1.82, 2.24) is 20.3 Å². The second-order valence-corrected chi connectivity index (χ2v) is 5.17. The summed E-state index contributed by atoms with van der Waals surface area (Å²) in [6.45, 7) is 0. The van der Waals surface area contributed by atoms with Crippen LogP contribution in [0.25, 0.3) is 5.69 Å². The third-order valence-electron chi connectivity index (χ3n) is 3.22. The highest BCUT2D eigenvalue weighted by Crippen LogP contribution is 2.32. The number of carboxylic acids is 1. The monoisotopic (exact) mass is 396 g/mol. The van der Waals surface area contributed by atoms with Crippen molar-refractivity contribution in [2.24, 2.45) is 0 Å². The molecule has 1 aromatic heterocycles. The van der Waals surface area contributed by atoms with Gasteiger partial charge in [-0.15, -0.1) is 5.10 Å². The number of carbonyl (C=O) groups excluding carboxylic acids is 1. The predicted octanol–water partition coefficient (Wildman–Crippen LogP) is 2.26. The number of amides is 1. The summed E-state index contributed by atoms with van der Waals surface area (Å²) >= 11 is 0. The van der Waals surface area contributed by atoms with Crippen LogP contribution in [0.3, 0.4) is 0 Å². The summed E-state index contributed by atoms with van der Waals surface area (Å²) in [5, 5.41) is 16.6. The van der Waals surface area contributed by atoms with Crippen molar-refractivity contribution in [1.29, 1.82) is 0 Å². The standard InChI is InChI=1S/C14H10F6N4O3/c15-6-2-1-3-7(4-6)24-11(14(18,19)20)10(22-23-24)12(25)21-8(13(26)27)5-9(16)17/h1-4,8-9H,5H2,(H,21,25)(H,26,27). The number of nitrogens with one attached hydrogen (secondary N) is 1. The molecule has 0 saturated carbocycles. The first-order valence-electron chi connectivity index (χ1n) is 7.11. The van der Waals surface area contributed by atoms with Crippen LogP contribution in [-0.4, -0.2) is 44.4 Å². The fourth-order valence-corrected chi connectivity index (χ4v) is 2.10. The summed E-state index contributed by atoms with van der Waals surface area (Å²) in [5.74, 6) is -4.42. The molecular weight excluding hydrogens is 386 g/mol. The van der Waals surface area contributed by atoms with Crippen LogP contribution >= 0.6 is 0 Å². The Morgan fingerprint density at radius 3 is 2.44 bits per heavy atom. The number of aliphatic carboxylic acids is 1. The molecule has 27 heavy (non-hydrogen) atoms. The van der Waals surface area contributed by atoms with Crippen molar-refractivity contribution in [2.45, 2.75) is 25.1 Å². The summed E-state index contributed by atoms with van der Waals surface area (Å²) in [7, 11) is 0. The molecule has 7 nitrogen and oxygen atoms in total. The summed E-state index contributed by atoms with van der Waals surface area (Å²) in [5.41, 5.74) is -3.46. The van der Waals surface area contributed by atoms with Crippen molar-refractivity contribution >= 4 is 11.9 Å². The van der Waals surface area contributed by atoms with Crippen LogP contribution in [0.2, 0.25) is 0 Å². The van der Waals surface area contributed by atoms with Gasteiger partial charge in [-0.05, 0) is 18.2 Å². The van der Waals surface area contributed by atoms with Gasteiger partial charge in [-0.3, -0.25) is 4.79 Å². The third kappa shape index (κ3) is 4.74. The average molecular weight is 396 g/mol. The SMILES string of the molecule is O=C(NC(CC(F)F)C(=O)O)c1nnn(-c2cccc(F)c2)c1C(F)(F)F. The van der Waals surface area contributed by atoms with Crippen molar-refractivity contribution in [3.05, 3.63) is 41.5 Å². The van der Waals surface area contributed by atoms with E-state index in [4.69, 9.17) is 5.11 Å². The first-order chi connectivity index (χ1) is 12.5. The van der Waals surface area contributed by atoms with Gasteiger partial charge >= 0.3 is 12.1 Å². The molecule has 0 saturated heterocycles. The summed E-state index contributed by atoms with van der Waals surface area (Å²) in [6.07, 6.45) is -9.64. The lowest BCUT2D eigenvalue weighted by Crippen LogP contribution is -2.42. The second-order valence-electron chi connectivity index (χ2n) is 5.17. The lowest BCUT2D eigenvalue weighted by atomic mass is 10.2. The van der Waals surface area contributed by atoms with Gasteiger partial charge in [0.1, 0.15) is 11.9 Å². The number of alkyl halides is 5. The third-order valence-corrected chi connectivity index (χ3v) is 3.22. The van der Waals surface area contributed by atoms with Crippen LogP contribution in [-0.2, 0) is 11.0 Å². The Balaban J connectivity index is 2.45. The van der Waals surface area contributed by atoms with Gasteiger partial charge in [0.25, 0.3) is 5.91 Å². The van der Waals surface area contributed by atoms with E-state index in [1.165, 1.54) is 0 Å². The fraction of sp³-hybridized carbons (Fsp3) is 0.286. The van der Waals surface area contributed by atoms with Gasteiger partial charge in [-0.25, -0.2) is 22.6 Å². The molecule has 2 N–H and O–H groups in total. The number of carbonyl (C=O) groups is 2. The molecule has 0 aliphatic heterocycles. The lowest BCUT2D eigenvalue weighted by Gasteiger charge is -2.14. The van der Waals surface area contributed by atoms with Gasteiger partial charge in [0, 0.05) is 6.42 Å². The number of halogens is 6. The van der Waals surface area contributed by atoms with Crippen LogP contribution < -0.4 is 5.32 Å². The largest absolute Gasteiger partial charge is 0.480 e. The van der Waals surface area contributed by atoms with Crippen molar-refractivity contribution < 1.29 is 41.0 Å². The number of nitrogens with zero attached hydrogens (tertiary/aromatic N) is 3. The minimum Gasteiger partial charge on any atom is -0.480 e. The van der Waals surface area contributed by atoms with E-state index < -0.39 is 59.8 Å². The average Bonchev–Trinajstić information content (AvgIpc) is 2.99. The highest BCUT2D eigenvalue weighted by atomic mass is 19.4. The molecule has 0 fully saturated rings. The van der Waals surface area contributed by atoms with E-state index >= 15 is 0 Å². The van der Waals surface area contributed by atoms with E-state index in [1.807, 2.05) is 0 Å². The van der Waals surface area contributed by atoms with Gasteiger partial charge in [-0.2, -0.15) is 13.2 Å². The van der Waals surface area contributed by atoms with E-state index in [-0.39, 0.29) is 4.68 Å². The number of rotatable bonds is 6.